The number of hydrogen-bond donors (Lipinski definition) is 1. The van der Waals surface area contributed by atoms with Crippen molar-refractivity contribution < 1.29 is 4.74 Å². The average molecular weight is 263 g/mol. The van der Waals surface area contributed by atoms with Gasteiger partial charge in [-0.25, -0.2) is 0 Å². The number of ether oxygens (including phenoxy) is 1. The Morgan fingerprint density at radius 3 is 2.53 bits per heavy atom. The summed E-state index contributed by atoms with van der Waals surface area (Å²) < 4.78 is 5.90. The van der Waals surface area contributed by atoms with Gasteiger partial charge in [0, 0.05) is 0 Å². The van der Waals surface area contributed by atoms with Crippen LogP contribution in [0.15, 0.2) is 18.2 Å². The molecule has 0 saturated heterocycles. The van der Waals surface area contributed by atoms with Gasteiger partial charge in [-0.1, -0.05) is 56.7 Å². The summed E-state index contributed by atoms with van der Waals surface area (Å²) in [6, 6.07) is 6.37. The lowest BCUT2D eigenvalue weighted by Gasteiger charge is -2.12. The molecule has 0 aromatic heterocycles. The molecule has 1 rings (SSSR count). The van der Waals surface area contributed by atoms with Gasteiger partial charge in [-0.05, 0) is 37.9 Å². The summed E-state index contributed by atoms with van der Waals surface area (Å²) in [6.45, 7) is 5.86. The Morgan fingerprint density at radius 1 is 1.05 bits per heavy atom. The highest BCUT2D eigenvalue weighted by Gasteiger charge is 2.03. The van der Waals surface area contributed by atoms with Crippen LogP contribution in [0.25, 0.3) is 0 Å². The molecule has 0 aliphatic carbocycles. The maximum Gasteiger partial charge on any atom is 0.122 e. The number of unbranched alkanes of at least 4 members (excludes halogenated alkanes) is 5. The first-order chi connectivity index (χ1) is 9.27. The molecule has 0 fully saturated rings. The quantitative estimate of drug-likeness (QED) is 0.641. The number of aryl methyl sites for hydroxylation is 1. The molecule has 0 bridgehead atoms. The topological polar surface area (TPSA) is 35.2 Å². The Bertz CT molecular complexity index is 349. The Kier molecular flexibility index (Phi) is 8.31. The second-order valence-electron chi connectivity index (χ2n) is 5.27. The van der Waals surface area contributed by atoms with Crippen molar-refractivity contribution in [3.63, 3.8) is 0 Å². The third kappa shape index (κ3) is 6.63. The summed E-state index contributed by atoms with van der Waals surface area (Å²) in [6.07, 6.45) is 8.69. The second-order valence-corrected chi connectivity index (χ2v) is 5.27. The predicted molar refractivity (Wildman–Crippen MR) is 82.8 cm³/mol. The van der Waals surface area contributed by atoms with Crippen LogP contribution >= 0.6 is 0 Å². The summed E-state index contributed by atoms with van der Waals surface area (Å²) in [5.41, 5.74) is 8.16. The molecule has 1 aromatic rings. The van der Waals surface area contributed by atoms with Gasteiger partial charge in [-0.3, -0.25) is 0 Å². The summed E-state index contributed by atoms with van der Waals surface area (Å²) in [5, 5.41) is 0. The highest BCUT2D eigenvalue weighted by Crippen LogP contribution is 2.20. The molecule has 19 heavy (non-hydrogen) atoms. The fourth-order valence-corrected chi connectivity index (χ4v) is 2.26. The van der Waals surface area contributed by atoms with E-state index in [2.05, 4.69) is 32.0 Å². The summed E-state index contributed by atoms with van der Waals surface area (Å²) in [7, 11) is 0. The van der Waals surface area contributed by atoms with E-state index in [0.29, 0.717) is 6.54 Å². The van der Waals surface area contributed by atoms with Gasteiger partial charge in [-0.2, -0.15) is 0 Å². The molecule has 0 aliphatic rings. The first-order valence-electron chi connectivity index (χ1n) is 7.70. The second kappa shape index (κ2) is 9.85. The highest BCUT2D eigenvalue weighted by atomic mass is 16.5. The molecule has 0 unspecified atom stereocenters. The van der Waals surface area contributed by atoms with Crippen molar-refractivity contribution in [1.29, 1.82) is 0 Å². The van der Waals surface area contributed by atoms with Crippen molar-refractivity contribution in [2.24, 2.45) is 5.73 Å². The van der Waals surface area contributed by atoms with E-state index in [1.54, 1.807) is 0 Å². The summed E-state index contributed by atoms with van der Waals surface area (Å²) in [4.78, 5) is 0. The van der Waals surface area contributed by atoms with E-state index in [9.17, 15) is 0 Å². The third-order valence-corrected chi connectivity index (χ3v) is 3.39. The zero-order valence-electron chi connectivity index (χ0n) is 12.6. The van der Waals surface area contributed by atoms with Crippen LogP contribution in [0, 0.1) is 6.92 Å². The van der Waals surface area contributed by atoms with Gasteiger partial charge < -0.3 is 10.5 Å². The Hall–Kier alpha value is -1.02. The monoisotopic (exact) mass is 263 g/mol. The SMILES string of the molecule is CCCCCCCCOc1ccc(C)cc1CCN. The molecular formula is C17H29NO. The van der Waals surface area contributed by atoms with Crippen molar-refractivity contribution in [3.8, 4) is 5.75 Å². The van der Waals surface area contributed by atoms with Gasteiger partial charge in [0.15, 0.2) is 0 Å². The fourth-order valence-electron chi connectivity index (χ4n) is 2.26. The lowest BCUT2D eigenvalue weighted by molar-refractivity contribution is 0.301. The molecule has 2 N–H and O–H groups in total. The molecule has 0 amide bonds. The summed E-state index contributed by atoms with van der Waals surface area (Å²) in [5.74, 6) is 1.02. The largest absolute Gasteiger partial charge is 0.493 e. The molecule has 1 aromatic carbocycles. The Morgan fingerprint density at radius 2 is 1.79 bits per heavy atom. The molecule has 2 nitrogen and oxygen atoms in total. The standard InChI is InChI=1S/C17H29NO/c1-3-4-5-6-7-8-13-19-17-10-9-15(2)14-16(17)11-12-18/h9-10,14H,3-8,11-13,18H2,1-2H3. The van der Waals surface area contributed by atoms with E-state index in [1.807, 2.05) is 0 Å². The van der Waals surface area contributed by atoms with Crippen molar-refractivity contribution in [1.82, 2.24) is 0 Å². The first-order valence-corrected chi connectivity index (χ1v) is 7.70. The van der Waals surface area contributed by atoms with Gasteiger partial charge in [0.25, 0.3) is 0 Å². The van der Waals surface area contributed by atoms with Crippen molar-refractivity contribution in [2.45, 2.75) is 58.8 Å². The van der Waals surface area contributed by atoms with Crippen LogP contribution in [-0.4, -0.2) is 13.2 Å². The normalized spacial score (nSPS) is 10.7. The van der Waals surface area contributed by atoms with Crippen molar-refractivity contribution in [3.05, 3.63) is 29.3 Å². The van der Waals surface area contributed by atoms with Crippen molar-refractivity contribution in [2.75, 3.05) is 13.2 Å². The first kappa shape index (κ1) is 16.0. The molecule has 0 atom stereocenters. The van der Waals surface area contributed by atoms with E-state index in [1.165, 1.54) is 43.2 Å². The predicted octanol–water partition coefficient (Wildman–Crippen LogP) is 4.24. The number of rotatable bonds is 10. The van der Waals surface area contributed by atoms with E-state index in [4.69, 9.17) is 10.5 Å². The van der Waals surface area contributed by atoms with Gasteiger partial charge in [-0.15, -0.1) is 0 Å². The molecule has 0 spiro atoms. The van der Waals surface area contributed by atoms with E-state index in [0.717, 1.165) is 25.2 Å². The van der Waals surface area contributed by atoms with E-state index >= 15 is 0 Å². The van der Waals surface area contributed by atoms with Crippen molar-refractivity contribution >= 4 is 0 Å². The maximum absolute atomic E-state index is 5.90. The minimum atomic E-state index is 0.677. The number of hydrogen-bond acceptors (Lipinski definition) is 2. The minimum Gasteiger partial charge on any atom is -0.493 e. The maximum atomic E-state index is 5.90. The van der Waals surface area contributed by atoms with Gasteiger partial charge >= 0.3 is 0 Å². The number of nitrogens with two attached hydrogens (primary N) is 1. The highest BCUT2D eigenvalue weighted by molar-refractivity contribution is 5.37. The van der Waals surface area contributed by atoms with Crippen LogP contribution in [0.4, 0.5) is 0 Å². The van der Waals surface area contributed by atoms with Crippen LogP contribution in [0.3, 0.4) is 0 Å². The molecule has 2 heteroatoms. The zero-order chi connectivity index (χ0) is 13.9. The molecule has 0 heterocycles. The Balaban J connectivity index is 2.28. The van der Waals surface area contributed by atoms with E-state index in [-0.39, 0.29) is 0 Å². The molecule has 108 valence electrons. The lowest BCUT2D eigenvalue weighted by Crippen LogP contribution is -2.06. The van der Waals surface area contributed by atoms with Crippen LogP contribution in [-0.2, 0) is 6.42 Å². The van der Waals surface area contributed by atoms with Crippen LogP contribution in [0.5, 0.6) is 5.75 Å². The fraction of sp³-hybridized carbons (Fsp3) is 0.647. The van der Waals surface area contributed by atoms with Gasteiger partial charge in [0.1, 0.15) is 5.75 Å². The molecule has 0 radical (unpaired) electrons. The summed E-state index contributed by atoms with van der Waals surface area (Å²) >= 11 is 0. The van der Waals surface area contributed by atoms with Crippen LogP contribution < -0.4 is 10.5 Å². The van der Waals surface area contributed by atoms with Gasteiger partial charge in [0.05, 0.1) is 6.61 Å². The smallest absolute Gasteiger partial charge is 0.122 e. The third-order valence-electron chi connectivity index (χ3n) is 3.39. The Labute approximate surface area is 118 Å². The molecular weight excluding hydrogens is 234 g/mol. The van der Waals surface area contributed by atoms with Crippen LogP contribution in [0.2, 0.25) is 0 Å². The minimum absolute atomic E-state index is 0.677. The van der Waals surface area contributed by atoms with Crippen LogP contribution in [0.1, 0.15) is 56.6 Å². The number of benzene rings is 1. The zero-order valence-corrected chi connectivity index (χ0v) is 12.6. The molecule has 0 aliphatic heterocycles. The average Bonchev–Trinajstić information content (AvgIpc) is 2.40. The molecule has 0 saturated carbocycles. The van der Waals surface area contributed by atoms with Gasteiger partial charge in [0.2, 0.25) is 0 Å². The lowest BCUT2D eigenvalue weighted by atomic mass is 10.1. The van der Waals surface area contributed by atoms with E-state index < -0.39 is 0 Å².